The van der Waals surface area contributed by atoms with Crippen molar-refractivity contribution < 1.29 is 27.1 Å². The Morgan fingerprint density at radius 3 is 1.56 bits per heavy atom. The summed E-state index contributed by atoms with van der Waals surface area (Å²) >= 11 is 0. The predicted molar refractivity (Wildman–Crippen MR) is 68.8 cm³/mol. The molecule has 0 aromatic carbocycles. The van der Waals surface area contributed by atoms with Crippen LogP contribution in [0.2, 0.25) is 6.04 Å². The predicted octanol–water partition coefficient (Wildman–Crippen LogP) is 3.30. The smallest absolute Gasteiger partial charge is 0.374 e. The third-order valence-corrected chi connectivity index (χ3v) is 4.95. The lowest BCUT2D eigenvalue weighted by atomic mass is 10.5. The zero-order chi connectivity index (χ0) is 14.3. The van der Waals surface area contributed by atoms with Gasteiger partial charge in [-0.2, -0.15) is 4.94 Å². The van der Waals surface area contributed by atoms with E-state index >= 15 is 0 Å². The summed E-state index contributed by atoms with van der Waals surface area (Å²) in [5.74, 6) is 0. The van der Waals surface area contributed by atoms with Crippen molar-refractivity contribution >= 4 is 8.80 Å². The fourth-order valence-electron chi connectivity index (χ4n) is 1.34. The number of rotatable bonds is 10. The van der Waals surface area contributed by atoms with Crippen LogP contribution in [0.15, 0.2) is 0 Å². The number of halogens is 2. The molecule has 0 spiro atoms. The first-order valence-corrected chi connectivity index (χ1v) is 8.30. The van der Waals surface area contributed by atoms with Gasteiger partial charge in [0, 0.05) is 25.9 Å². The summed E-state index contributed by atoms with van der Waals surface area (Å²) in [6.45, 7) is 8.58. The molecule has 0 saturated carbocycles. The lowest BCUT2D eigenvalue weighted by molar-refractivity contribution is -0.132. The molecule has 0 radical (unpaired) electrons. The van der Waals surface area contributed by atoms with Gasteiger partial charge in [0.25, 0.3) is 0 Å². The number of alkyl halides is 1. The van der Waals surface area contributed by atoms with E-state index in [1.165, 1.54) is 6.92 Å². The Kier molecular flexibility index (Phi) is 16.8. The van der Waals surface area contributed by atoms with Crippen LogP contribution in [0.5, 0.6) is 0 Å². The van der Waals surface area contributed by atoms with E-state index in [0.717, 1.165) is 0 Å². The average molecular weight is 288 g/mol. The van der Waals surface area contributed by atoms with Crippen LogP contribution in [0.3, 0.4) is 0 Å². The molecule has 0 bridgehead atoms. The Labute approximate surface area is 110 Å². The summed E-state index contributed by atoms with van der Waals surface area (Å²) in [6, 6.07) is 0.590. The fraction of sp³-hybridized carbons (Fsp3) is 1.00. The second-order valence-corrected chi connectivity index (χ2v) is 5.90. The van der Waals surface area contributed by atoms with Crippen LogP contribution >= 0.6 is 0 Å². The van der Waals surface area contributed by atoms with Crippen LogP contribution in [0, 0.1) is 0 Å². The highest BCUT2D eigenvalue weighted by molar-refractivity contribution is 6.60. The highest BCUT2D eigenvalue weighted by Crippen LogP contribution is 2.18. The molecular formula is C11H26F2O4Si. The molecule has 0 unspecified atom stereocenters. The van der Waals surface area contributed by atoms with Crippen molar-refractivity contribution in [1.82, 2.24) is 0 Å². The molecule has 0 amide bonds. The second kappa shape index (κ2) is 15.0. The minimum atomic E-state index is -2.58. The van der Waals surface area contributed by atoms with E-state index in [1.54, 1.807) is 0 Å². The van der Waals surface area contributed by atoms with Crippen LogP contribution in [-0.4, -0.2) is 41.9 Å². The Morgan fingerprint density at radius 1 is 0.889 bits per heavy atom. The Morgan fingerprint density at radius 2 is 1.28 bits per heavy atom. The minimum Gasteiger partial charge on any atom is -0.374 e. The molecule has 0 saturated heterocycles. The van der Waals surface area contributed by atoms with Crippen molar-refractivity contribution in [3.8, 4) is 0 Å². The quantitative estimate of drug-likeness (QED) is 0.456. The maximum absolute atomic E-state index is 11.5. The lowest BCUT2D eigenvalue weighted by Crippen LogP contribution is -2.46. The minimum absolute atomic E-state index is 0.0575. The standard InChI is InChI=1S/C9H21FO4Si.C2H5F/c1-4-12-15(13-5-2,14-6-3)9-7-8-11-10;1-2-3/h4-9H2,1-3H3;2H2,1H3. The van der Waals surface area contributed by atoms with Crippen LogP contribution in [0.1, 0.15) is 34.1 Å². The van der Waals surface area contributed by atoms with Crippen molar-refractivity contribution in [2.24, 2.45) is 0 Å². The van der Waals surface area contributed by atoms with Gasteiger partial charge in [-0.25, -0.2) is 0 Å². The third-order valence-electron chi connectivity index (χ3n) is 1.80. The largest absolute Gasteiger partial charge is 0.501 e. The fourth-order valence-corrected chi connectivity index (χ4v) is 3.92. The summed E-state index contributed by atoms with van der Waals surface area (Å²) in [6.07, 6.45) is 0.544. The summed E-state index contributed by atoms with van der Waals surface area (Å²) in [4.78, 5) is 3.53. The molecular weight excluding hydrogens is 262 g/mol. The molecule has 7 heteroatoms. The topological polar surface area (TPSA) is 36.9 Å². The van der Waals surface area contributed by atoms with E-state index in [4.69, 9.17) is 13.3 Å². The van der Waals surface area contributed by atoms with Gasteiger partial charge < -0.3 is 13.3 Å². The van der Waals surface area contributed by atoms with Crippen molar-refractivity contribution in [2.45, 2.75) is 40.2 Å². The Hall–Kier alpha value is -0.0831. The molecule has 0 aliphatic rings. The molecule has 0 N–H and O–H groups in total. The summed E-state index contributed by atoms with van der Waals surface area (Å²) < 4.78 is 38.5. The lowest BCUT2D eigenvalue weighted by Gasteiger charge is -2.28. The highest BCUT2D eigenvalue weighted by Gasteiger charge is 2.39. The van der Waals surface area contributed by atoms with Crippen LogP contribution in [0.25, 0.3) is 0 Å². The van der Waals surface area contributed by atoms with Crippen LogP contribution in [0.4, 0.5) is 8.92 Å². The Bertz CT molecular complexity index is 147. The molecule has 0 atom stereocenters. The number of hydrogen-bond acceptors (Lipinski definition) is 4. The van der Waals surface area contributed by atoms with E-state index in [0.29, 0.717) is 32.3 Å². The zero-order valence-electron chi connectivity index (χ0n) is 11.8. The zero-order valence-corrected chi connectivity index (χ0v) is 12.8. The molecule has 0 aromatic rings. The molecule has 4 nitrogen and oxygen atoms in total. The third kappa shape index (κ3) is 11.0. The van der Waals surface area contributed by atoms with Crippen molar-refractivity contribution in [3.05, 3.63) is 0 Å². The molecule has 0 aliphatic carbocycles. The van der Waals surface area contributed by atoms with E-state index in [9.17, 15) is 8.92 Å². The van der Waals surface area contributed by atoms with Gasteiger partial charge in [0.1, 0.15) is 0 Å². The molecule has 0 aromatic heterocycles. The molecule has 0 heterocycles. The highest BCUT2D eigenvalue weighted by atomic mass is 28.4. The van der Waals surface area contributed by atoms with Crippen molar-refractivity contribution in [1.29, 1.82) is 0 Å². The number of hydrogen-bond donors (Lipinski definition) is 0. The van der Waals surface area contributed by atoms with Gasteiger partial charge in [0.15, 0.2) is 0 Å². The molecule has 0 aliphatic heterocycles. The van der Waals surface area contributed by atoms with E-state index < -0.39 is 8.80 Å². The van der Waals surface area contributed by atoms with Crippen molar-refractivity contribution in [2.75, 3.05) is 33.1 Å². The molecule has 112 valence electrons. The van der Waals surface area contributed by atoms with E-state index in [-0.39, 0.29) is 13.3 Å². The first-order chi connectivity index (χ1) is 8.66. The molecule has 0 fully saturated rings. The monoisotopic (exact) mass is 288 g/mol. The van der Waals surface area contributed by atoms with Gasteiger partial charge in [-0.3, -0.25) is 4.39 Å². The van der Waals surface area contributed by atoms with E-state index in [1.807, 2.05) is 20.8 Å². The van der Waals surface area contributed by atoms with Gasteiger partial charge in [0.2, 0.25) is 0 Å². The maximum Gasteiger partial charge on any atom is 0.501 e. The SMILES string of the molecule is CCF.CCO[Si](CCCOF)(OCC)OCC. The average Bonchev–Trinajstić information content (AvgIpc) is 2.31. The first-order valence-electron chi connectivity index (χ1n) is 6.37. The summed E-state index contributed by atoms with van der Waals surface area (Å²) in [7, 11) is -2.58. The van der Waals surface area contributed by atoms with E-state index in [2.05, 4.69) is 4.94 Å². The van der Waals surface area contributed by atoms with Crippen molar-refractivity contribution in [3.63, 3.8) is 0 Å². The van der Waals surface area contributed by atoms with Gasteiger partial charge in [-0.05, 0) is 38.6 Å². The maximum atomic E-state index is 11.5. The Balaban J connectivity index is 0. The van der Waals surface area contributed by atoms with Gasteiger partial charge >= 0.3 is 8.80 Å². The molecule has 0 rings (SSSR count). The normalized spacial score (nSPS) is 11.0. The molecule has 18 heavy (non-hydrogen) atoms. The first kappa shape index (κ1) is 20.2. The van der Waals surface area contributed by atoms with Gasteiger partial charge in [0.05, 0.1) is 13.3 Å². The summed E-state index contributed by atoms with van der Waals surface area (Å²) in [5.41, 5.74) is 0. The van der Waals surface area contributed by atoms with Crippen LogP contribution in [-0.2, 0) is 18.2 Å². The van der Waals surface area contributed by atoms with Crippen LogP contribution < -0.4 is 0 Å². The van der Waals surface area contributed by atoms with Gasteiger partial charge in [-0.1, -0.05) is 0 Å². The van der Waals surface area contributed by atoms with Gasteiger partial charge in [-0.15, -0.1) is 0 Å². The second-order valence-electron chi connectivity index (χ2n) is 3.17. The summed E-state index contributed by atoms with van der Waals surface area (Å²) in [5, 5.41) is 0.